The maximum Gasteiger partial charge on any atom is 0.310 e. The number of carbonyl (C=O) groups is 2. The summed E-state index contributed by atoms with van der Waals surface area (Å²) in [6, 6.07) is 3.45. The molecule has 0 spiro atoms. The van der Waals surface area contributed by atoms with Crippen LogP contribution in [0.2, 0.25) is 0 Å². The van der Waals surface area contributed by atoms with Gasteiger partial charge in [0.2, 0.25) is 0 Å². The van der Waals surface area contributed by atoms with Gasteiger partial charge < -0.3 is 14.1 Å². The van der Waals surface area contributed by atoms with E-state index in [-0.39, 0.29) is 29.3 Å². The lowest BCUT2D eigenvalue weighted by atomic mass is 9.59. The second-order valence-corrected chi connectivity index (χ2v) is 9.90. The third kappa shape index (κ3) is 3.39. The molecule has 162 valence electrons. The van der Waals surface area contributed by atoms with Crippen molar-refractivity contribution in [1.82, 2.24) is 9.80 Å². The van der Waals surface area contributed by atoms with Crippen LogP contribution in [0.25, 0.3) is 0 Å². The first-order chi connectivity index (χ1) is 14.4. The van der Waals surface area contributed by atoms with Gasteiger partial charge in [-0.3, -0.25) is 14.5 Å². The molecule has 1 amide bonds. The van der Waals surface area contributed by atoms with E-state index in [0.29, 0.717) is 24.8 Å². The van der Waals surface area contributed by atoms with E-state index >= 15 is 0 Å². The van der Waals surface area contributed by atoms with Crippen molar-refractivity contribution in [2.45, 2.75) is 52.1 Å². The van der Waals surface area contributed by atoms with Gasteiger partial charge in [-0.2, -0.15) is 0 Å². The Balaban J connectivity index is 1.23. The molecular formula is C24H32N2O4. The zero-order valence-electron chi connectivity index (χ0n) is 18.1. The monoisotopic (exact) mass is 412 g/mol. The van der Waals surface area contributed by atoms with Gasteiger partial charge in [0.15, 0.2) is 5.76 Å². The molecule has 6 nitrogen and oxygen atoms in total. The summed E-state index contributed by atoms with van der Waals surface area (Å²) >= 11 is 0. The molecule has 1 aromatic heterocycles. The van der Waals surface area contributed by atoms with Gasteiger partial charge in [0, 0.05) is 38.6 Å². The van der Waals surface area contributed by atoms with E-state index in [1.165, 1.54) is 25.5 Å². The summed E-state index contributed by atoms with van der Waals surface area (Å²) in [4.78, 5) is 29.4. The van der Waals surface area contributed by atoms with Gasteiger partial charge in [-0.1, -0.05) is 18.1 Å². The van der Waals surface area contributed by atoms with Crippen LogP contribution < -0.4 is 0 Å². The molecule has 4 aliphatic rings. The summed E-state index contributed by atoms with van der Waals surface area (Å²) in [7, 11) is 0. The van der Waals surface area contributed by atoms with E-state index in [9.17, 15) is 9.59 Å². The normalized spacial score (nSPS) is 34.5. The smallest absolute Gasteiger partial charge is 0.310 e. The number of esters is 1. The van der Waals surface area contributed by atoms with Crippen molar-refractivity contribution in [3.8, 4) is 0 Å². The van der Waals surface area contributed by atoms with E-state index in [2.05, 4.69) is 18.7 Å². The molecule has 0 radical (unpaired) electrons. The zero-order valence-corrected chi connectivity index (χ0v) is 18.1. The number of carbonyl (C=O) groups excluding carboxylic acids is 2. The second kappa shape index (κ2) is 7.56. The summed E-state index contributed by atoms with van der Waals surface area (Å²) in [6.45, 7) is 8.30. The van der Waals surface area contributed by atoms with Gasteiger partial charge in [0.05, 0.1) is 12.2 Å². The highest BCUT2D eigenvalue weighted by Crippen LogP contribution is 2.55. The summed E-state index contributed by atoms with van der Waals surface area (Å²) in [5, 5.41) is 0. The minimum Gasteiger partial charge on any atom is -0.462 e. The summed E-state index contributed by atoms with van der Waals surface area (Å²) in [5.41, 5.74) is 3.37. The molecule has 30 heavy (non-hydrogen) atoms. The van der Waals surface area contributed by atoms with Crippen molar-refractivity contribution in [1.29, 1.82) is 0 Å². The van der Waals surface area contributed by atoms with Crippen LogP contribution in [0.5, 0.6) is 0 Å². The Morgan fingerprint density at radius 1 is 1.27 bits per heavy atom. The average Bonchev–Trinajstić information content (AvgIpc) is 3.35. The van der Waals surface area contributed by atoms with Gasteiger partial charge in [0.1, 0.15) is 6.10 Å². The molecular weight excluding hydrogens is 380 g/mol. The Morgan fingerprint density at radius 2 is 2.07 bits per heavy atom. The Hall–Kier alpha value is -2.08. The summed E-state index contributed by atoms with van der Waals surface area (Å²) in [5.74, 6) is 0.586. The highest BCUT2D eigenvalue weighted by atomic mass is 16.6. The molecule has 5 rings (SSSR count). The minimum absolute atomic E-state index is 0.0143. The number of piperazine rings is 1. The number of furan rings is 1. The second-order valence-electron chi connectivity index (χ2n) is 9.90. The highest BCUT2D eigenvalue weighted by molar-refractivity contribution is 5.91. The molecule has 1 aromatic rings. The number of hydrogen-bond acceptors (Lipinski definition) is 5. The fourth-order valence-corrected chi connectivity index (χ4v) is 6.29. The van der Waals surface area contributed by atoms with Crippen molar-refractivity contribution < 1.29 is 18.7 Å². The third-order valence-electron chi connectivity index (χ3n) is 8.03. The summed E-state index contributed by atoms with van der Waals surface area (Å²) in [6.07, 6.45) is 7.28. The predicted octanol–water partition coefficient (Wildman–Crippen LogP) is 3.50. The predicted molar refractivity (Wildman–Crippen MR) is 112 cm³/mol. The number of allylic oxidation sites excluding steroid dienone is 2. The molecule has 6 heteroatoms. The first-order valence-corrected chi connectivity index (χ1v) is 11.4. The zero-order chi connectivity index (χ0) is 20.9. The van der Waals surface area contributed by atoms with Crippen molar-refractivity contribution in [2.75, 3.05) is 32.7 Å². The number of rotatable bonds is 3. The fourth-order valence-electron chi connectivity index (χ4n) is 6.29. The van der Waals surface area contributed by atoms with Crippen LogP contribution in [0.3, 0.4) is 0 Å². The highest BCUT2D eigenvalue weighted by Gasteiger charge is 2.53. The van der Waals surface area contributed by atoms with E-state index in [4.69, 9.17) is 9.15 Å². The number of hydrogen-bond donors (Lipinski definition) is 0. The molecule has 2 aliphatic heterocycles. The van der Waals surface area contributed by atoms with Crippen molar-refractivity contribution in [3.63, 3.8) is 0 Å². The van der Waals surface area contributed by atoms with Gasteiger partial charge >= 0.3 is 5.97 Å². The molecule has 0 N–H and O–H groups in total. The molecule has 0 aromatic carbocycles. The van der Waals surface area contributed by atoms with E-state index in [1.807, 2.05) is 4.90 Å². The quantitative estimate of drug-likeness (QED) is 0.562. The third-order valence-corrected chi connectivity index (χ3v) is 8.03. The van der Waals surface area contributed by atoms with Gasteiger partial charge in [0.25, 0.3) is 5.91 Å². The van der Waals surface area contributed by atoms with Crippen molar-refractivity contribution in [3.05, 3.63) is 35.3 Å². The number of fused-ring (bicyclic) bond motifs is 2. The largest absolute Gasteiger partial charge is 0.462 e. The topological polar surface area (TPSA) is 63.0 Å². The van der Waals surface area contributed by atoms with Crippen LogP contribution in [0.15, 0.2) is 34.0 Å². The summed E-state index contributed by atoms with van der Waals surface area (Å²) < 4.78 is 11.2. The molecule has 1 saturated carbocycles. The molecule has 4 atom stereocenters. The first-order valence-electron chi connectivity index (χ1n) is 11.4. The maximum absolute atomic E-state index is 12.8. The molecule has 3 heterocycles. The molecule has 2 saturated heterocycles. The Morgan fingerprint density at radius 3 is 2.80 bits per heavy atom. The fraction of sp³-hybridized carbons (Fsp3) is 0.667. The van der Waals surface area contributed by atoms with Crippen LogP contribution in [0, 0.1) is 17.3 Å². The lowest BCUT2D eigenvalue weighted by Crippen LogP contribution is -2.51. The van der Waals surface area contributed by atoms with Crippen LogP contribution in [0.4, 0.5) is 0 Å². The standard InChI is InChI=1S/C24H32N2O4/c1-16-5-3-7-24(2)14-21-17(13-19(16)24)18(23(28)30-21)15-25-8-10-26(11-9-25)22(27)20-6-4-12-29-20/h4,6,12,17-18,21H,3,5,7-11,13-15H2,1-2H3/t17-,18+,21+,24-/m0/s1. The number of ether oxygens (including phenoxy) is 1. The number of amides is 1. The van der Waals surface area contributed by atoms with Gasteiger partial charge in [-0.25, -0.2) is 0 Å². The van der Waals surface area contributed by atoms with Crippen LogP contribution in [0.1, 0.15) is 56.5 Å². The van der Waals surface area contributed by atoms with Gasteiger partial charge in [-0.05, 0) is 56.6 Å². The Labute approximate surface area is 178 Å². The minimum atomic E-state index is -0.0498. The average molecular weight is 413 g/mol. The molecule has 2 aliphatic carbocycles. The lowest BCUT2D eigenvalue weighted by molar-refractivity contribution is -0.145. The SMILES string of the molecule is CC1=C2C[C@@H]3[C@@H](C[C@]2(C)CCC1)OC(=O)[C@@H]3CN1CCN(C(=O)c2ccco2)CC1. The van der Waals surface area contributed by atoms with E-state index in [1.54, 1.807) is 23.3 Å². The Bertz CT molecular complexity index is 853. The van der Waals surface area contributed by atoms with Crippen LogP contribution >= 0.6 is 0 Å². The molecule has 0 unspecified atom stereocenters. The molecule has 0 bridgehead atoms. The van der Waals surface area contributed by atoms with Gasteiger partial charge in [-0.15, -0.1) is 0 Å². The van der Waals surface area contributed by atoms with Crippen LogP contribution in [-0.2, 0) is 9.53 Å². The molecule has 3 fully saturated rings. The lowest BCUT2D eigenvalue weighted by Gasteiger charge is -2.46. The van der Waals surface area contributed by atoms with Crippen molar-refractivity contribution >= 4 is 11.9 Å². The van der Waals surface area contributed by atoms with Crippen LogP contribution in [-0.4, -0.2) is 60.5 Å². The first kappa shape index (κ1) is 19.9. The number of nitrogens with zero attached hydrogens (tertiary/aromatic N) is 2. The van der Waals surface area contributed by atoms with E-state index < -0.39 is 0 Å². The van der Waals surface area contributed by atoms with E-state index in [0.717, 1.165) is 32.5 Å². The Kier molecular flexibility index (Phi) is 5.00. The maximum atomic E-state index is 12.8. The van der Waals surface area contributed by atoms with Crippen molar-refractivity contribution in [2.24, 2.45) is 17.3 Å².